The van der Waals surface area contributed by atoms with E-state index in [1.807, 2.05) is 27.0 Å². The number of aromatic nitrogens is 2. The summed E-state index contributed by atoms with van der Waals surface area (Å²) >= 11 is 5.14. The number of hydrogen-bond donors (Lipinski definition) is 1. The molecule has 0 bridgehead atoms. The van der Waals surface area contributed by atoms with Crippen LogP contribution in [0.25, 0.3) is 0 Å². The highest BCUT2D eigenvalue weighted by atomic mass is 32.1. The van der Waals surface area contributed by atoms with Gasteiger partial charge in [0.05, 0.1) is 7.11 Å². The number of imidazole rings is 1. The average molecular weight is 228 g/mol. The number of nitrogens with zero attached hydrogens (tertiary/aromatic N) is 1. The first-order valence-corrected chi connectivity index (χ1v) is 5.23. The molecule has 0 aliphatic rings. The van der Waals surface area contributed by atoms with E-state index in [4.69, 9.17) is 17.0 Å². The van der Waals surface area contributed by atoms with Crippen LogP contribution in [0.4, 0.5) is 0 Å². The zero-order valence-electron chi connectivity index (χ0n) is 9.40. The second kappa shape index (κ2) is 4.61. The molecule has 15 heavy (non-hydrogen) atoms. The molecule has 0 amide bonds. The fourth-order valence-electron chi connectivity index (χ4n) is 1.57. The van der Waals surface area contributed by atoms with Crippen LogP contribution in [0.5, 0.6) is 0 Å². The molecule has 1 N–H and O–H groups in total. The van der Waals surface area contributed by atoms with Crippen LogP contribution < -0.4 is 0 Å². The van der Waals surface area contributed by atoms with Gasteiger partial charge in [-0.1, -0.05) is 13.8 Å². The summed E-state index contributed by atoms with van der Waals surface area (Å²) < 4.78 is 7.08. The molecular formula is C10H16N2O2S. The van der Waals surface area contributed by atoms with Crippen molar-refractivity contribution in [3.8, 4) is 0 Å². The van der Waals surface area contributed by atoms with Crippen LogP contribution in [0, 0.1) is 17.6 Å². The van der Waals surface area contributed by atoms with Crippen molar-refractivity contribution in [2.45, 2.75) is 26.8 Å². The SMILES string of the molecule is COC(=O)C(C(C)C)n1cc(C)[nH]c1=S. The highest BCUT2D eigenvalue weighted by molar-refractivity contribution is 7.71. The summed E-state index contributed by atoms with van der Waals surface area (Å²) in [6, 6.07) is -0.354. The maximum absolute atomic E-state index is 11.6. The Labute approximate surface area is 94.3 Å². The van der Waals surface area contributed by atoms with E-state index in [0.29, 0.717) is 4.77 Å². The summed E-state index contributed by atoms with van der Waals surface area (Å²) in [4.78, 5) is 14.6. The summed E-state index contributed by atoms with van der Waals surface area (Å²) in [7, 11) is 1.39. The van der Waals surface area contributed by atoms with Gasteiger partial charge in [0.15, 0.2) is 4.77 Å². The Morgan fingerprint density at radius 1 is 1.60 bits per heavy atom. The second-order valence-electron chi connectivity index (χ2n) is 3.86. The van der Waals surface area contributed by atoms with Gasteiger partial charge in [-0.3, -0.25) is 0 Å². The van der Waals surface area contributed by atoms with Gasteiger partial charge in [-0.05, 0) is 25.1 Å². The Morgan fingerprint density at radius 2 is 2.20 bits per heavy atom. The lowest BCUT2D eigenvalue weighted by molar-refractivity contribution is -0.146. The number of H-pyrrole nitrogens is 1. The molecule has 0 saturated carbocycles. The van der Waals surface area contributed by atoms with Crippen molar-refractivity contribution in [2.75, 3.05) is 7.11 Å². The predicted molar refractivity (Wildman–Crippen MR) is 60.2 cm³/mol. The van der Waals surface area contributed by atoms with Crippen LogP contribution in [0.3, 0.4) is 0 Å². The molecule has 0 aromatic carbocycles. The zero-order chi connectivity index (χ0) is 11.6. The highest BCUT2D eigenvalue weighted by Crippen LogP contribution is 2.20. The first-order valence-electron chi connectivity index (χ1n) is 4.83. The third-order valence-electron chi connectivity index (χ3n) is 2.25. The average Bonchev–Trinajstić information content (AvgIpc) is 2.45. The van der Waals surface area contributed by atoms with Crippen LogP contribution in [0.1, 0.15) is 25.6 Å². The molecule has 0 saturated heterocycles. The van der Waals surface area contributed by atoms with Gasteiger partial charge < -0.3 is 14.3 Å². The van der Waals surface area contributed by atoms with E-state index in [1.54, 1.807) is 4.57 Å². The number of rotatable bonds is 3. The molecule has 1 unspecified atom stereocenters. The maximum atomic E-state index is 11.6. The van der Waals surface area contributed by atoms with E-state index in [9.17, 15) is 4.79 Å². The minimum atomic E-state index is -0.354. The Bertz CT molecular complexity index is 406. The van der Waals surface area contributed by atoms with Crippen molar-refractivity contribution in [2.24, 2.45) is 5.92 Å². The predicted octanol–water partition coefficient (Wildman–Crippen LogP) is 2.22. The van der Waals surface area contributed by atoms with Gasteiger partial charge in [-0.25, -0.2) is 4.79 Å². The van der Waals surface area contributed by atoms with E-state index >= 15 is 0 Å². The third-order valence-corrected chi connectivity index (χ3v) is 2.56. The molecule has 84 valence electrons. The van der Waals surface area contributed by atoms with E-state index in [1.165, 1.54) is 7.11 Å². The maximum Gasteiger partial charge on any atom is 0.329 e. The topological polar surface area (TPSA) is 47.0 Å². The molecule has 1 aromatic heterocycles. The number of hydrogen-bond acceptors (Lipinski definition) is 3. The molecule has 0 radical (unpaired) electrons. The number of carbonyl (C=O) groups excluding carboxylic acids is 1. The van der Waals surface area contributed by atoms with Crippen molar-refractivity contribution in [1.29, 1.82) is 0 Å². The molecule has 4 nitrogen and oxygen atoms in total. The largest absolute Gasteiger partial charge is 0.467 e. The van der Waals surface area contributed by atoms with E-state index in [2.05, 4.69) is 4.98 Å². The van der Waals surface area contributed by atoms with Crippen molar-refractivity contribution >= 4 is 18.2 Å². The van der Waals surface area contributed by atoms with Crippen molar-refractivity contribution in [3.05, 3.63) is 16.7 Å². The van der Waals surface area contributed by atoms with Gasteiger partial charge >= 0.3 is 5.97 Å². The number of ether oxygens (including phenoxy) is 1. The summed E-state index contributed by atoms with van der Waals surface area (Å²) in [5, 5.41) is 0. The Kier molecular flexibility index (Phi) is 3.68. The Morgan fingerprint density at radius 3 is 2.53 bits per heavy atom. The van der Waals surface area contributed by atoms with Gasteiger partial charge in [0, 0.05) is 11.9 Å². The minimum absolute atomic E-state index is 0.138. The molecule has 0 fully saturated rings. The van der Waals surface area contributed by atoms with E-state index in [0.717, 1.165) is 5.69 Å². The van der Waals surface area contributed by atoms with Crippen LogP contribution in [0.15, 0.2) is 6.20 Å². The van der Waals surface area contributed by atoms with E-state index in [-0.39, 0.29) is 17.9 Å². The molecule has 1 heterocycles. The lowest BCUT2D eigenvalue weighted by atomic mass is 10.0. The smallest absolute Gasteiger partial charge is 0.329 e. The van der Waals surface area contributed by atoms with Gasteiger partial charge in [-0.2, -0.15) is 0 Å². The van der Waals surface area contributed by atoms with Crippen LogP contribution >= 0.6 is 12.2 Å². The molecule has 1 aromatic rings. The van der Waals surface area contributed by atoms with Crippen molar-refractivity contribution in [1.82, 2.24) is 9.55 Å². The number of carbonyl (C=O) groups is 1. The number of esters is 1. The molecule has 0 aliphatic heterocycles. The minimum Gasteiger partial charge on any atom is -0.467 e. The lowest BCUT2D eigenvalue weighted by Gasteiger charge is -2.19. The Hall–Kier alpha value is -1.10. The van der Waals surface area contributed by atoms with Crippen LogP contribution in [0.2, 0.25) is 0 Å². The number of aryl methyl sites for hydroxylation is 1. The van der Waals surface area contributed by atoms with Crippen molar-refractivity contribution in [3.63, 3.8) is 0 Å². The number of aromatic amines is 1. The third kappa shape index (κ3) is 2.47. The highest BCUT2D eigenvalue weighted by Gasteiger charge is 2.25. The summed E-state index contributed by atoms with van der Waals surface area (Å²) in [6.45, 7) is 5.83. The van der Waals surface area contributed by atoms with Crippen LogP contribution in [-0.4, -0.2) is 22.6 Å². The summed E-state index contributed by atoms with van der Waals surface area (Å²) in [5.41, 5.74) is 0.939. The molecule has 0 spiro atoms. The lowest BCUT2D eigenvalue weighted by Crippen LogP contribution is -2.25. The first-order chi connectivity index (χ1) is 6.97. The molecule has 1 atom stereocenters. The fourth-order valence-corrected chi connectivity index (χ4v) is 1.89. The molecule has 5 heteroatoms. The molecule has 0 aliphatic carbocycles. The number of nitrogens with one attached hydrogen (secondary N) is 1. The standard InChI is InChI=1S/C10H16N2O2S/c1-6(2)8(9(13)14-4)12-5-7(3)11-10(12)15/h5-6,8H,1-4H3,(H,11,15). The zero-order valence-corrected chi connectivity index (χ0v) is 10.2. The van der Waals surface area contributed by atoms with Gasteiger partial charge in [0.1, 0.15) is 6.04 Å². The Balaban J connectivity index is 3.15. The van der Waals surface area contributed by atoms with Gasteiger partial charge in [0.2, 0.25) is 0 Å². The first kappa shape index (κ1) is 12.0. The van der Waals surface area contributed by atoms with Crippen LogP contribution in [-0.2, 0) is 9.53 Å². The normalized spacial score (nSPS) is 12.9. The molecule has 1 rings (SSSR count). The van der Waals surface area contributed by atoms with E-state index < -0.39 is 0 Å². The molecular weight excluding hydrogens is 212 g/mol. The monoisotopic (exact) mass is 228 g/mol. The van der Waals surface area contributed by atoms with Gasteiger partial charge in [-0.15, -0.1) is 0 Å². The van der Waals surface area contributed by atoms with Gasteiger partial charge in [0.25, 0.3) is 0 Å². The second-order valence-corrected chi connectivity index (χ2v) is 4.25. The fraction of sp³-hybridized carbons (Fsp3) is 0.600. The quantitative estimate of drug-likeness (QED) is 0.637. The number of methoxy groups -OCH3 is 1. The van der Waals surface area contributed by atoms with Crippen molar-refractivity contribution < 1.29 is 9.53 Å². The summed E-state index contributed by atoms with van der Waals surface area (Å²) in [6.07, 6.45) is 1.84. The summed E-state index contributed by atoms with van der Waals surface area (Å²) in [5.74, 6) is -0.126.